The molecule has 0 aliphatic heterocycles. The summed E-state index contributed by atoms with van der Waals surface area (Å²) in [5.74, 6) is 0.477. The molecule has 0 amide bonds. The summed E-state index contributed by atoms with van der Waals surface area (Å²) in [5, 5.41) is 0. The predicted molar refractivity (Wildman–Crippen MR) is 82.4 cm³/mol. The minimum Gasteiger partial charge on any atom is -0.491 e. The van der Waals surface area contributed by atoms with Crippen LogP contribution in [0.5, 0.6) is 5.75 Å². The van der Waals surface area contributed by atoms with Gasteiger partial charge in [0, 0.05) is 0 Å². The molecule has 20 heavy (non-hydrogen) atoms. The molecule has 0 fully saturated rings. The fraction of sp³-hybridized carbons (Fsp3) is 0.533. The van der Waals surface area contributed by atoms with Crippen molar-refractivity contribution in [2.45, 2.75) is 45.8 Å². The Balaban J connectivity index is 0.00000361. The first-order chi connectivity index (χ1) is 9.06. The summed E-state index contributed by atoms with van der Waals surface area (Å²) in [6.07, 6.45) is 1.64. The van der Waals surface area contributed by atoms with E-state index in [-0.39, 0.29) is 24.5 Å². The predicted octanol–water partition coefficient (Wildman–Crippen LogP) is 2.72. The van der Waals surface area contributed by atoms with Gasteiger partial charge in [-0.05, 0) is 44.4 Å². The highest BCUT2D eigenvalue weighted by molar-refractivity contribution is 5.85. The molecule has 114 valence electrons. The third-order valence-electron chi connectivity index (χ3n) is 2.88. The first-order valence-corrected chi connectivity index (χ1v) is 6.74. The van der Waals surface area contributed by atoms with E-state index in [4.69, 9.17) is 15.2 Å². The molecule has 0 saturated carbocycles. The maximum Gasteiger partial charge on any atom is 0.323 e. The number of ether oxygens (including phenoxy) is 2. The molecule has 2 N–H and O–H groups in total. The van der Waals surface area contributed by atoms with Crippen LogP contribution < -0.4 is 10.5 Å². The highest BCUT2D eigenvalue weighted by atomic mass is 35.5. The number of carbonyl (C=O) groups excluding carboxylic acids is 1. The Morgan fingerprint density at radius 1 is 1.25 bits per heavy atom. The topological polar surface area (TPSA) is 61.5 Å². The van der Waals surface area contributed by atoms with Crippen molar-refractivity contribution >= 4 is 18.4 Å². The van der Waals surface area contributed by atoms with E-state index in [1.807, 2.05) is 31.2 Å². The largest absolute Gasteiger partial charge is 0.491 e. The number of benzene rings is 1. The van der Waals surface area contributed by atoms with Gasteiger partial charge in [-0.25, -0.2) is 0 Å². The SMILES string of the molecule is CCOC(=O)[C@@H](N)Cc1ccc(OC(C)CC)cc1.Cl. The van der Waals surface area contributed by atoms with Gasteiger partial charge in [-0.2, -0.15) is 0 Å². The van der Waals surface area contributed by atoms with Gasteiger partial charge < -0.3 is 15.2 Å². The minimum atomic E-state index is -0.610. The van der Waals surface area contributed by atoms with Gasteiger partial charge in [-0.15, -0.1) is 12.4 Å². The number of nitrogens with two attached hydrogens (primary N) is 1. The van der Waals surface area contributed by atoms with Crippen molar-refractivity contribution in [3.05, 3.63) is 29.8 Å². The second-order valence-electron chi connectivity index (χ2n) is 4.54. The van der Waals surface area contributed by atoms with Gasteiger partial charge in [0.15, 0.2) is 0 Å². The molecule has 1 rings (SSSR count). The first-order valence-electron chi connectivity index (χ1n) is 6.74. The monoisotopic (exact) mass is 301 g/mol. The van der Waals surface area contributed by atoms with E-state index in [2.05, 4.69) is 6.92 Å². The molecule has 0 aromatic heterocycles. The summed E-state index contributed by atoms with van der Waals surface area (Å²) >= 11 is 0. The van der Waals surface area contributed by atoms with Gasteiger partial charge in [-0.3, -0.25) is 4.79 Å². The van der Waals surface area contributed by atoms with Gasteiger partial charge >= 0.3 is 5.97 Å². The number of rotatable bonds is 7. The molecule has 0 aliphatic rings. The fourth-order valence-corrected chi connectivity index (χ4v) is 1.61. The van der Waals surface area contributed by atoms with Gasteiger partial charge in [0.2, 0.25) is 0 Å². The number of halogens is 1. The Hall–Kier alpha value is -1.26. The Kier molecular flexibility index (Phi) is 9.01. The molecule has 0 spiro atoms. The Morgan fingerprint density at radius 2 is 1.85 bits per heavy atom. The van der Waals surface area contributed by atoms with E-state index in [0.717, 1.165) is 17.7 Å². The van der Waals surface area contributed by atoms with Crippen molar-refractivity contribution in [3.8, 4) is 5.75 Å². The van der Waals surface area contributed by atoms with Crippen LogP contribution in [0.4, 0.5) is 0 Å². The molecular formula is C15H24ClNO3. The molecule has 1 aromatic rings. The van der Waals surface area contributed by atoms with E-state index in [1.165, 1.54) is 0 Å². The molecule has 2 atom stereocenters. The van der Waals surface area contributed by atoms with Gasteiger partial charge in [0.1, 0.15) is 11.8 Å². The zero-order valence-corrected chi connectivity index (χ0v) is 13.1. The van der Waals surface area contributed by atoms with E-state index < -0.39 is 6.04 Å². The quantitative estimate of drug-likeness (QED) is 0.787. The van der Waals surface area contributed by atoms with Crippen LogP contribution in [0.25, 0.3) is 0 Å². The Morgan fingerprint density at radius 3 is 2.35 bits per heavy atom. The van der Waals surface area contributed by atoms with Crippen LogP contribution >= 0.6 is 12.4 Å². The van der Waals surface area contributed by atoms with Crippen molar-refractivity contribution < 1.29 is 14.3 Å². The maximum absolute atomic E-state index is 11.4. The second-order valence-corrected chi connectivity index (χ2v) is 4.54. The summed E-state index contributed by atoms with van der Waals surface area (Å²) in [4.78, 5) is 11.4. The number of hydrogen-bond donors (Lipinski definition) is 1. The molecule has 1 aromatic carbocycles. The van der Waals surface area contributed by atoms with Crippen molar-refractivity contribution in [3.63, 3.8) is 0 Å². The van der Waals surface area contributed by atoms with Crippen LogP contribution in [0.1, 0.15) is 32.8 Å². The molecule has 0 bridgehead atoms. The summed E-state index contributed by atoms with van der Waals surface area (Å²) in [6, 6.07) is 7.05. The average Bonchev–Trinajstić information content (AvgIpc) is 2.41. The molecule has 4 nitrogen and oxygen atoms in total. The van der Waals surface area contributed by atoms with Crippen LogP contribution in [0.3, 0.4) is 0 Å². The molecule has 5 heteroatoms. The van der Waals surface area contributed by atoms with Crippen LogP contribution in [-0.2, 0) is 16.0 Å². The molecule has 0 heterocycles. The van der Waals surface area contributed by atoms with E-state index in [9.17, 15) is 4.79 Å². The zero-order valence-electron chi connectivity index (χ0n) is 12.3. The molecule has 0 radical (unpaired) electrons. The zero-order chi connectivity index (χ0) is 14.3. The summed E-state index contributed by atoms with van der Waals surface area (Å²) in [5.41, 5.74) is 6.77. The lowest BCUT2D eigenvalue weighted by Crippen LogP contribution is -2.34. The summed E-state index contributed by atoms with van der Waals surface area (Å²) in [6.45, 7) is 6.24. The Labute approximate surface area is 127 Å². The van der Waals surface area contributed by atoms with E-state index in [0.29, 0.717) is 13.0 Å². The van der Waals surface area contributed by atoms with Gasteiger partial charge in [0.05, 0.1) is 12.7 Å². The van der Waals surface area contributed by atoms with E-state index >= 15 is 0 Å². The third-order valence-corrected chi connectivity index (χ3v) is 2.88. The lowest BCUT2D eigenvalue weighted by Gasteiger charge is -2.14. The Bertz CT molecular complexity index is 395. The normalized spacial score (nSPS) is 13.0. The molecule has 1 unspecified atom stereocenters. The van der Waals surface area contributed by atoms with Crippen LogP contribution in [0.15, 0.2) is 24.3 Å². The summed E-state index contributed by atoms with van der Waals surface area (Å²) in [7, 11) is 0. The molecular weight excluding hydrogens is 278 g/mol. The smallest absolute Gasteiger partial charge is 0.323 e. The number of carbonyl (C=O) groups is 1. The minimum absolute atomic E-state index is 0. The molecule has 0 saturated heterocycles. The lowest BCUT2D eigenvalue weighted by molar-refractivity contribution is -0.144. The summed E-state index contributed by atoms with van der Waals surface area (Å²) < 4.78 is 10.6. The van der Waals surface area contributed by atoms with Gasteiger partial charge in [-0.1, -0.05) is 19.1 Å². The number of esters is 1. The highest BCUT2D eigenvalue weighted by Crippen LogP contribution is 2.15. The first kappa shape index (κ1) is 18.7. The number of hydrogen-bond acceptors (Lipinski definition) is 4. The van der Waals surface area contributed by atoms with Crippen LogP contribution in [0.2, 0.25) is 0 Å². The molecule has 0 aliphatic carbocycles. The maximum atomic E-state index is 11.4. The standard InChI is InChI=1S/C15H23NO3.ClH/c1-4-11(3)19-13-8-6-12(7-9-13)10-14(16)15(17)18-5-2;/h6-9,11,14H,4-5,10,16H2,1-3H3;1H/t11?,14-;/m0./s1. The second kappa shape index (κ2) is 9.61. The van der Waals surface area contributed by atoms with Crippen molar-refractivity contribution in [1.29, 1.82) is 0 Å². The van der Waals surface area contributed by atoms with Crippen LogP contribution in [0, 0.1) is 0 Å². The van der Waals surface area contributed by atoms with Crippen molar-refractivity contribution in [2.75, 3.05) is 6.61 Å². The lowest BCUT2D eigenvalue weighted by atomic mass is 10.1. The highest BCUT2D eigenvalue weighted by Gasteiger charge is 2.14. The van der Waals surface area contributed by atoms with E-state index in [1.54, 1.807) is 6.92 Å². The third kappa shape index (κ3) is 6.26. The van der Waals surface area contributed by atoms with Crippen molar-refractivity contribution in [2.24, 2.45) is 5.73 Å². The van der Waals surface area contributed by atoms with Crippen LogP contribution in [-0.4, -0.2) is 24.7 Å². The van der Waals surface area contributed by atoms with Crippen molar-refractivity contribution in [1.82, 2.24) is 0 Å². The van der Waals surface area contributed by atoms with Gasteiger partial charge in [0.25, 0.3) is 0 Å². The fourth-order valence-electron chi connectivity index (χ4n) is 1.61. The average molecular weight is 302 g/mol.